The number of allylic oxidation sites excluding steroid dienone is 1. The van der Waals surface area contributed by atoms with Crippen molar-refractivity contribution in [1.82, 2.24) is 15.0 Å². The molecule has 0 bridgehead atoms. The molecule has 0 saturated heterocycles. The highest BCUT2D eigenvalue weighted by Gasteiger charge is 2.45. The van der Waals surface area contributed by atoms with Crippen molar-refractivity contribution in [1.29, 1.82) is 0 Å². The number of amides is 1. The van der Waals surface area contributed by atoms with E-state index < -0.39 is 5.60 Å². The van der Waals surface area contributed by atoms with E-state index in [0.717, 1.165) is 218 Å². The molecule has 1 aliphatic heterocycles. The number of aromatic amines is 3. The molecular weight excluding hydrogens is 1260 g/mol. The third-order valence-corrected chi connectivity index (χ3v) is 24.5. The highest BCUT2D eigenvalue weighted by atomic mass is 16.3. The molecule has 0 spiro atoms. The average Bonchev–Trinajstić information content (AvgIpc) is 1.58. The number of aromatic nitrogens is 3. The Bertz CT molecular complexity index is 4090. The Morgan fingerprint density at radius 1 is 0.350 bits per heavy atom. The second-order valence-electron chi connectivity index (χ2n) is 32.1. The van der Waals surface area contributed by atoms with Crippen LogP contribution in [-0.2, 0) is 74.6 Å². The predicted octanol–water partition coefficient (Wildman–Crippen LogP) is 23.3. The molecule has 5 aliphatic rings. The first kappa shape index (κ1) is 75.8. The summed E-state index contributed by atoms with van der Waals surface area (Å²) in [6.45, 7) is 9.17. The molecule has 0 saturated carbocycles. The summed E-state index contributed by atoms with van der Waals surface area (Å²) in [7, 11) is 0. The Morgan fingerprint density at radius 3 is 1.10 bits per heavy atom. The van der Waals surface area contributed by atoms with Gasteiger partial charge in [0.05, 0.1) is 39.2 Å². The van der Waals surface area contributed by atoms with Crippen LogP contribution in [-0.4, -0.2) is 37.5 Å². The minimum atomic E-state index is -1.66. The molecule has 4 N–H and O–H groups in total. The number of rotatable bonds is 41. The molecule has 0 radical (unpaired) electrons. The van der Waals surface area contributed by atoms with Gasteiger partial charge in [0.15, 0.2) is 5.60 Å². The quantitative estimate of drug-likeness (QED) is 0.0226. The van der Waals surface area contributed by atoms with E-state index in [1.165, 1.54) is 218 Å². The first-order valence-electron chi connectivity index (χ1n) is 42.7. The van der Waals surface area contributed by atoms with Crippen LogP contribution in [0.15, 0.2) is 113 Å². The third kappa shape index (κ3) is 18.5. The summed E-state index contributed by atoms with van der Waals surface area (Å²) in [5.41, 5.74) is 23.3. The van der Waals surface area contributed by atoms with E-state index in [-0.39, 0.29) is 11.7 Å². The number of carbonyl (C=O) groups is 2. The van der Waals surface area contributed by atoms with Gasteiger partial charge in [0.25, 0.3) is 5.91 Å². The zero-order valence-electron chi connectivity index (χ0n) is 64.4. The molecular formula is C96H128N4O3. The van der Waals surface area contributed by atoms with Crippen LogP contribution in [0.2, 0.25) is 0 Å². The van der Waals surface area contributed by atoms with E-state index >= 15 is 9.90 Å². The number of aliphatic hydroxyl groups is 1. The van der Waals surface area contributed by atoms with Crippen molar-refractivity contribution in [2.24, 2.45) is 4.99 Å². The smallest absolute Gasteiger partial charge is 0.273 e. The highest BCUT2D eigenvalue weighted by molar-refractivity contribution is 6.38. The molecule has 1 amide bonds. The molecule has 4 aromatic carbocycles. The minimum absolute atomic E-state index is 0.00591. The molecule has 1 unspecified atom stereocenters. The predicted molar refractivity (Wildman–Crippen MR) is 432 cm³/mol. The van der Waals surface area contributed by atoms with Gasteiger partial charge in [-0.1, -0.05) is 279 Å². The van der Waals surface area contributed by atoms with Crippen molar-refractivity contribution >= 4 is 28.5 Å². The van der Waals surface area contributed by atoms with Crippen LogP contribution >= 0.6 is 0 Å². The van der Waals surface area contributed by atoms with Gasteiger partial charge in [-0.05, 0) is 232 Å². The van der Waals surface area contributed by atoms with Crippen LogP contribution in [0.5, 0.6) is 0 Å². The molecule has 0 fully saturated rings. The van der Waals surface area contributed by atoms with Crippen molar-refractivity contribution in [2.75, 3.05) is 0 Å². The van der Waals surface area contributed by atoms with Gasteiger partial charge in [-0.3, -0.25) is 9.59 Å². The molecule has 12 rings (SSSR count). The monoisotopic (exact) mass is 1380 g/mol. The maximum atomic E-state index is 15.4. The zero-order valence-corrected chi connectivity index (χ0v) is 64.4. The molecule has 1 atom stereocenters. The Labute approximate surface area is 620 Å². The van der Waals surface area contributed by atoms with E-state index in [0.29, 0.717) is 11.3 Å². The number of hydrogen-bond acceptors (Lipinski definition) is 3. The summed E-state index contributed by atoms with van der Waals surface area (Å²) in [6, 6.07) is 36.5. The van der Waals surface area contributed by atoms with Gasteiger partial charge in [-0.15, -0.1) is 0 Å². The number of aliphatic imine (C=N–C) groups is 1. The summed E-state index contributed by atoms with van der Waals surface area (Å²) in [5, 5.41) is 17.3. The number of fused-ring (bicyclic) bond motifs is 3. The topological polar surface area (TPSA) is 114 Å². The lowest BCUT2D eigenvalue weighted by Crippen LogP contribution is -2.33. The van der Waals surface area contributed by atoms with Gasteiger partial charge >= 0.3 is 0 Å². The lowest BCUT2D eigenvalue weighted by Gasteiger charge is -2.31. The SMILES string of the molecule is CCCCCCCCCc1ccc(C(=O)c2[nH]c(C(O)(c3ccc(CCCCCCCCC)cc3)c3[nH]c(/C(c4ccc(CCCCCCCCC)cc4)=c4\[nH]/c(=C(/C5=NC(=O)C6=C5CCCC6)c5ccc(CCCCCCCCC)cc5)c5c4CCCC5)c4c3CCCC4)c3c2CCCC3)cc1. The van der Waals surface area contributed by atoms with Crippen molar-refractivity contribution in [2.45, 2.75) is 341 Å². The van der Waals surface area contributed by atoms with E-state index in [1.807, 2.05) is 0 Å². The number of carbonyl (C=O) groups excluding carboxylic acids is 2. The first-order chi connectivity index (χ1) is 50.7. The van der Waals surface area contributed by atoms with Crippen molar-refractivity contribution in [3.8, 4) is 0 Å². The lowest BCUT2D eigenvalue weighted by molar-refractivity contribution is -0.114. The summed E-state index contributed by atoms with van der Waals surface area (Å²) in [5.74, 6) is -0.0442. The van der Waals surface area contributed by atoms with Crippen molar-refractivity contribution in [3.63, 3.8) is 0 Å². The highest BCUT2D eigenvalue weighted by Crippen LogP contribution is 2.47. The van der Waals surface area contributed by atoms with Crippen LogP contribution < -0.4 is 10.7 Å². The maximum absolute atomic E-state index is 15.4. The summed E-state index contributed by atoms with van der Waals surface area (Å²) in [6.07, 6.45) is 55.1. The minimum Gasteiger partial charge on any atom is -0.373 e. The van der Waals surface area contributed by atoms with Crippen LogP contribution in [0.1, 0.15) is 377 Å². The first-order valence-corrected chi connectivity index (χ1v) is 42.7. The van der Waals surface area contributed by atoms with Crippen LogP contribution in [0.3, 0.4) is 0 Å². The van der Waals surface area contributed by atoms with Gasteiger partial charge in [-0.25, -0.2) is 4.99 Å². The van der Waals surface area contributed by atoms with E-state index in [1.54, 1.807) is 0 Å². The number of hydrogen-bond donors (Lipinski definition) is 4. The van der Waals surface area contributed by atoms with E-state index in [9.17, 15) is 4.79 Å². The lowest BCUT2D eigenvalue weighted by atomic mass is 9.78. The third-order valence-electron chi connectivity index (χ3n) is 24.5. The molecule has 7 heteroatoms. The van der Waals surface area contributed by atoms with Gasteiger partial charge < -0.3 is 20.1 Å². The normalized spacial score (nSPS) is 16.3. The number of aryl methyl sites for hydroxylation is 4. The number of H-pyrrole nitrogens is 3. The Hall–Kier alpha value is -6.83. The molecule has 4 aliphatic carbocycles. The molecule has 550 valence electrons. The van der Waals surface area contributed by atoms with Crippen LogP contribution in [0.4, 0.5) is 0 Å². The largest absolute Gasteiger partial charge is 0.373 e. The average molecular weight is 1390 g/mol. The molecule has 7 aromatic rings. The van der Waals surface area contributed by atoms with Crippen LogP contribution in [0.25, 0.3) is 11.1 Å². The van der Waals surface area contributed by atoms with Gasteiger partial charge in [0.2, 0.25) is 5.78 Å². The number of ketones is 1. The van der Waals surface area contributed by atoms with Crippen molar-refractivity contribution in [3.05, 3.63) is 220 Å². The second kappa shape index (κ2) is 38.4. The van der Waals surface area contributed by atoms with Gasteiger partial charge in [-0.2, -0.15) is 0 Å². The number of unbranched alkanes of at least 4 members (excludes halogenated alkanes) is 24. The Morgan fingerprint density at radius 2 is 0.670 bits per heavy atom. The second-order valence-corrected chi connectivity index (χ2v) is 32.1. The summed E-state index contributed by atoms with van der Waals surface area (Å²) < 4.78 is 0. The zero-order chi connectivity index (χ0) is 71.2. The fraction of sp³-hybridized carbons (Fsp3) is 0.552. The summed E-state index contributed by atoms with van der Waals surface area (Å²) >= 11 is 0. The van der Waals surface area contributed by atoms with Crippen LogP contribution in [0, 0.1) is 0 Å². The molecule has 3 aromatic heterocycles. The molecule has 7 nitrogen and oxygen atoms in total. The molecule has 4 heterocycles. The fourth-order valence-corrected chi connectivity index (χ4v) is 18.4. The molecule has 103 heavy (non-hydrogen) atoms. The fourth-order valence-electron chi connectivity index (χ4n) is 18.4. The summed E-state index contributed by atoms with van der Waals surface area (Å²) in [4.78, 5) is 47.4. The Kier molecular flexibility index (Phi) is 28.3. The van der Waals surface area contributed by atoms with Gasteiger partial charge in [0.1, 0.15) is 0 Å². The van der Waals surface area contributed by atoms with Crippen molar-refractivity contribution < 1.29 is 14.7 Å². The van der Waals surface area contributed by atoms with Gasteiger partial charge in [0, 0.05) is 22.3 Å². The maximum Gasteiger partial charge on any atom is 0.273 e. The number of benzene rings is 4. The standard InChI is InChI=1S/C96H128N4O3/c1-5-9-13-17-21-25-29-41-69-53-61-73(62-54-69)85(87-77-45-33-34-46-78(77)88(97-87)86(90-81-49-37-40-52-84(81)95(102)100-90)74-63-55-70(56-64-74)42-30-26-22-18-14-10-6-2)89-79-47-35-38-50-82(79)93(98-89)96(103,76-67-59-72(60-68-76)44-32-28-24-20-16-12-8-4)94-83-51-39-36-48-80(83)91(99-94)92(101)75-65-57-71(58-66-75)43-31-27-23-19-15-11-7-3/h53-68,97-99,103H,5-52H2,1-4H3/b87-85-,88-86+. The Balaban J connectivity index is 1.02. The van der Waals surface area contributed by atoms with E-state index in [4.69, 9.17) is 4.99 Å². The number of nitrogens with zero attached hydrogens (tertiary/aromatic N) is 1. The van der Waals surface area contributed by atoms with E-state index in [2.05, 4.69) is 140 Å². The number of nitrogens with one attached hydrogen (secondary N) is 3.